The van der Waals surface area contributed by atoms with Gasteiger partial charge in [-0.05, 0) is 30.3 Å². The van der Waals surface area contributed by atoms with Gasteiger partial charge in [-0.15, -0.1) is 0 Å². The van der Waals surface area contributed by atoms with Crippen LogP contribution in [-0.4, -0.2) is 15.7 Å². The standard InChI is InChI=1S/C14H9BrN2O/c15-12-7-5-10(6-8-12)14(18)17-13-4-2-1-3-11(13)9-16-17/h1-9H. The average Bonchev–Trinajstić information content (AvgIpc) is 2.82. The van der Waals surface area contributed by atoms with Crippen LogP contribution in [0.25, 0.3) is 10.9 Å². The number of para-hydroxylation sites is 1. The molecule has 0 saturated carbocycles. The second kappa shape index (κ2) is 4.38. The van der Waals surface area contributed by atoms with Gasteiger partial charge in [-0.1, -0.05) is 34.1 Å². The van der Waals surface area contributed by atoms with Crippen LogP contribution >= 0.6 is 15.9 Å². The molecule has 0 amide bonds. The molecule has 0 aliphatic heterocycles. The summed E-state index contributed by atoms with van der Waals surface area (Å²) in [4.78, 5) is 12.3. The van der Waals surface area contributed by atoms with Gasteiger partial charge in [0.1, 0.15) is 0 Å². The quantitative estimate of drug-likeness (QED) is 0.689. The van der Waals surface area contributed by atoms with Crippen molar-refractivity contribution in [2.24, 2.45) is 0 Å². The van der Waals surface area contributed by atoms with Gasteiger partial charge in [-0.3, -0.25) is 4.79 Å². The Balaban J connectivity index is 2.09. The molecule has 0 atom stereocenters. The number of fused-ring (bicyclic) bond motifs is 1. The predicted octanol–water partition coefficient (Wildman–Crippen LogP) is 3.49. The maximum absolute atomic E-state index is 12.3. The van der Waals surface area contributed by atoms with Crippen LogP contribution in [0.3, 0.4) is 0 Å². The number of aromatic nitrogens is 2. The summed E-state index contributed by atoms with van der Waals surface area (Å²) in [7, 11) is 0. The third kappa shape index (κ3) is 1.84. The molecule has 0 radical (unpaired) electrons. The maximum atomic E-state index is 12.3. The van der Waals surface area contributed by atoms with E-state index in [0.29, 0.717) is 5.56 Å². The molecule has 0 spiro atoms. The Morgan fingerprint density at radius 3 is 2.56 bits per heavy atom. The van der Waals surface area contributed by atoms with Gasteiger partial charge in [0, 0.05) is 15.4 Å². The fourth-order valence-corrected chi connectivity index (χ4v) is 2.11. The number of carbonyl (C=O) groups excluding carboxylic acids is 1. The van der Waals surface area contributed by atoms with Crippen LogP contribution in [0, 0.1) is 0 Å². The van der Waals surface area contributed by atoms with Crippen LogP contribution < -0.4 is 0 Å². The van der Waals surface area contributed by atoms with E-state index in [1.807, 2.05) is 36.4 Å². The minimum absolute atomic E-state index is 0.122. The molecule has 0 aliphatic rings. The van der Waals surface area contributed by atoms with E-state index in [1.165, 1.54) is 4.68 Å². The van der Waals surface area contributed by atoms with E-state index in [4.69, 9.17) is 0 Å². The number of benzene rings is 2. The molecule has 88 valence electrons. The molecule has 4 heteroatoms. The van der Waals surface area contributed by atoms with Crippen LogP contribution in [0.5, 0.6) is 0 Å². The lowest BCUT2D eigenvalue weighted by Crippen LogP contribution is -2.13. The van der Waals surface area contributed by atoms with Crippen LogP contribution in [0.1, 0.15) is 10.4 Å². The highest BCUT2D eigenvalue weighted by Gasteiger charge is 2.12. The number of hydrogen-bond donors (Lipinski definition) is 0. The highest BCUT2D eigenvalue weighted by molar-refractivity contribution is 9.10. The van der Waals surface area contributed by atoms with Crippen molar-refractivity contribution in [3.63, 3.8) is 0 Å². The third-order valence-electron chi connectivity index (χ3n) is 2.76. The Morgan fingerprint density at radius 2 is 1.78 bits per heavy atom. The SMILES string of the molecule is O=C(c1ccc(Br)cc1)n1ncc2ccccc21. The van der Waals surface area contributed by atoms with E-state index < -0.39 is 0 Å². The van der Waals surface area contributed by atoms with Crippen molar-refractivity contribution in [3.05, 3.63) is 64.8 Å². The van der Waals surface area contributed by atoms with Crippen LogP contribution in [0.15, 0.2) is 59.2 Å². The summed E-state index contributed by atoms with van der Waals surface area (Å²) in [6.45, 7) is 0. The molecular weight excluding hydrogens is 292 g/mol. The van der Waals surface area contributed by atoms with Gasteiger partial charge < -0.3 is 0 Å². The summed E-state index contributed by atoms with van der Waals surface area (Å²) in [6.07, 6.45) is 1.70. The van der Waals surface area contributed by atoms with Crippen molar-refractivity contribution in [2.45, 2.75) is 0 Å². The summed E-state index contributed by atoms with van der Waals surface area (Å²) in [5.41, 5.74) is 1.44. The van der Waals surface area contributed by atoms with E-state index in [2.05, 4.69) is 21.0 Å². The van der Waals surface area contributed by atoms with Gasteiger partial charge in [-0.2, -0.15) is 9.78 Å². The molecule has 0 N–H and O–H groups in total. The fourth-order valence-electron chi connectivity index (χ4n) is 1.85. The first-order valence-electron chi connectivity index (χ1n) is 5.49. The molecule has 1 heterocycles. The predicted molar refractivity (Wildman–Crippen MR) is 73.6 cm³/mol. The van der Waals surface area contributed by atoms with Crippen molar-refractivity contribution in [2.75, 3.05) is 0 Å². The first kappa shape index (κ1) is 11.2. The minimum atomic E-state index is -0.122. The lowest BCUT2D eigenvalue weighted by molar-refractivity contribution is 0.0950. The Labute approximate surface area is 112 Å². The molecular formula is C14H9BrN2O. The van der Waals surface area contributed by atoms with Gasteiger partial charge in [0.15, 0.2) is 0 Å². The smallest absolute Gasteiger partial charge is 0.267 e. The molecule has 18 heavy (non-hydrogen) atoms. The van der Waals surface area contributed by atoms with Crippen molar-refractivity contribution in [3.8, 4) is 0 Å². The Hall–Kier alpha value is -1.94. The zero-order valence-corrected chi connectivity index (χ0v) is 11.0. The summed E-state index contributed by atoms with van der Waals surface area (Å²) >= 11 is 3.35. The summed E-state index contributed by atoms with van der Waals surface area (Å²) in [5, 5.41) is 5.11. The molecule has 0 bridgehead atoms. The molecule has 3 aromatic rings. The molecule has 0 aliphatic carbocycles. The Bertz CT molecular complexity index is 716. The Kier molecular flexibility index (Phi) is 2.72. The fraction of sp³-hybridized carbons (Fsp3) is 0. The van der Waals surface area contributed by atoms with Gasteiger partial charge in [-0.25, -0.2) is 0 Å². The largest absolute Gasteiger partial charge is 0.278 e. The summed E-state index contributed by atoms with van der Waals surface area (Å²) < 4.78 is 2.38. The van der Waals surface area contributed by atoms with E-state index in [0.717, 1.165) is 15.4 Å². The highest BCUT2D eigenvalue weighted by Crippen LogP contribution is 2.16. The zero-order chi connectivity index (χ0) is 12.5. The van der Waals surface area contributed by atoms with Crippen molar-refractivity contribution in [1.82, 2.24) is 9.78 Å². The number of hydrogen-bond acceptors (Lipinski definition) is 2. The maximum Gasteiger partial charge on any atom is 0.278 e. The third-order valence-corrected chi connectivity index (χ3v) is 3.29. The average molecular weight is 301 g/mol. The van der Waals surface area contributed by atoms with Gasteiger partial charge in [0.2, 0.25) is 0 Å². The molecule has 2 aromatic carbocycles. The van der Waals surface area contributed by atoms with Crippen LogP contribution in [-0.2, 0) is 0 Å². The Morgan fingerprint density at radius 1 is 1.06 bits per heavy atom. The molecule has 0 fully saturated rings. The minimum Gasteiger partial charge on any atom is -0.267 e. The second-order valence-electron chi connectivity index (χ2n) is 3.93. The first-order valence-corrected chi connectivity index (χ1v) is 6.28. The van der Waals surface area contributed by atoms with Gasteiger partial charge in [0.25, 0.3) is 5.91 Å². The molecule has 3 rings (SSSR count). The van der Waals surface area contributed by atoms with Gasteiger partial charge in [0.05, 0.1) is 11.7 Å². The molecule has 0 unspecified atom stereocenters. The highest BCUT2D eigenvalue weighted by atomic mass is 79.9. The van der Waals surface area contributed by atoms with Crippen LogP contribution in [0.4, 0.5) is 0 Å². The number of nitrogens with zero attached hydrogens (tertiary/aromatic N) is 2. The lowest BCUT2D eigenvalue weighted by Gasteiger charge is -2.02. The van der Waals surface area contributed by atoms with E-state index >= 15 is 0 Å². The monoisotopic (exact) mass is 300 g/mol. The van der Waals surface area contributed by atoms with Crippen molar-refractivity contribution >= 4 is 32.7 Å². The summed E-state index contributed by atoms with van der Waals surface area (Å²) in [5.74, 6) is -0.122. The number of halogens is 1. The second-order valence-corrected chi connectivity index (χ2v) is 4.84. The van der Waals surface area contributed by atoms with E-state index in [-0.39, 0.29) is 5.91 Å². The molecule has 0 saturated heterocycles. The number of carbonyl (C=O) groups is 1. The first-order chi connectivity index (χ1) is 8.75. The van der Waals surface area contributed by atoms with Crippen molar-refractivity contribution in [1.29, 1.82) is 0 Å². The van der Waals surface area contributed by atoms with Crippen molar-refractivity contribution < 1.29 is 4.79 Å². The lowest BCUT2D eigenvalue weighted by atomic mass is 10.2. The topological polar surface area (TPSA) is 34.9 Å². The van der Waals surface area contributed by atoms with E-state index in [9.17, 15) is 4.79 Å². The zero-order valence-electron chi connectivity index (χ0n) is 9.38. The molecule has 3 nitrogen and oxygen atoms in total. The van der Waals surface area contributed by atoms with Crippen LogP contribution in [0.2, 0.25) is 0 Å². The normalized spacial score (nSPS) is 10.7. The summed E-state index contributed by atoms with van der Waals surface area (Å²) in [6, 6.07) is 14.9. The van der Waals surface area contributed by atoms with Gasteiger partial charge >= 0.3 is 0 Å². The molecule has 1 aromatic heterocycles. The number of rotatable bonds is 1. The van der Waals surface area contributed by atoms with E-state index in [1.54, 1.807) is 18.3 Å².